The van der Waals surface area contributed by atoms with E-state index in [0.29, 0.717) is 22.5 Å². The van der Waals surface area contributed by atoms with Gasteiger partial charge in [0.05, 0.1) is 11.4 Å². The monoisotopic (exact) mass is 670 g/mol. The van der Waals surface area contributed by atoms with Crippen LogP contribution in [0.2, 0.25) is 0 Å². The van der Waals surface area contributed by atoms with Crippen molar-refractivity contribution in [2.45, 2.75) is 62.3 Å². The minimum Gasteiger partial charge on any atom is -0.507 e. The molecule has 0 aromatic heterocycles. The molecule has 0 radical (unpaired) electrons. The Morgan fingerprint density at radius 1 is 0.373 bits per heavy atom. The Morgan fingerprint density at radius 3 is 1.04 bits per heavy atom. The summed E-state index contributed by atoms with van der Waals surface area (Å²) in [5, 5.41) is 22.3. The van der Waals surface area contributed by atoms with Crippen LogP contribution in [0.25, 0.3) is 33.4 Å². The lowest BCUT2D eigenvalue weighted by Gasteiger charge is -2.14. The van der Waals surface area contributed by atoms with Crippen molar-refractivity contribution in [3.63, 3.8) is 0 Å². The van der Waals surface area contributed by atoms with Crippen LogP contribution in [0, 0.1) is 62.3 Å². The highest BCUT2D eigenvalue weighted by atomic mass is 16.3. The molecule has 51 heavy (non-hydrogen) atoms. The number of benzene rings is 6. The molecule has 0 amide bonds. The van der Waals surface area contributed by atoms with Gasteiger partial charge in [-0.3, -0.25) is 9.98 Å². The minimum atomic E-state index is 0.158. The van der Waals surface area contributed by atoms with Crippen molar-refractivity contribution in [2.75, 3.05) is 0 Å². The van der Waals surface area contributed by atoms with Crippen molar-refractivity contribution in [1.82, 2.24) is 0 Å². The number of phenolic OH excluding ortho intramolecular Hbond substituents is 2. The van der Waals surface area contributed by atoms with Gasteiger partial charge in [-0.15, -0.1) is 0 Å². The molecule has 6 rings (SSSR count). The highest BCUT2D eigenvalue weighted by Gasteiger charge is 2.13. The molecule has 0 saturated carbocycles. The molecular weight excluding hydrogens is 625 g/mol. The number of aromatic hydroxyl groups is 2. The second-order valence-electron chi connectivity index (χ2n) is 14.1. The summed E-state index contributed by atoms with van der Waals surface area (Å²) in [6.45, 7) is 19.0. The summed E-state index contributed by atoms with van der Waals surface area (Å²) in [5.74, 6) is 0.318. The fourth-order valence-electron chi connectivity index (χ4n) is 7.69. The molecule has 0 spiro atoms. The number of nitrogens with zero attached hydrogens (tertiary/aromatic N) is 2. The van der Waals surface area contributed by atoms with Crippen LogP contribution in [0.5, 0.6) is 11.5 Å². The van der Waals surface area contributed by atoms with Crippen molar-refractivity contribution in [3.8, 4) is 44.9 Å². The highest BCUT2D eigenvalue weighted by Crippen LogP contribution is 2.38. The lowest BCUT2D eigenvalue weighted by molar-refractivity contribution is 0.474. The third-order valence-electron chi connectivity index (χ3n) is 9.62. The van der Waals surface area contributed by atoms with Gasteiger partial charge in [0.15, 0.2) is 0 Å². The summed E-state index contributed by atoms with van der Waals surface area (Å²) >= 11 is 0. The number of phenols is 2. The first-order valence-electron chi connectivity index (χ1n) is 17.4. The third-order valence-corrected chi connectivity index (χ3v) is 9.62. The number of aliphatic imine (C=N–C) groups is 2. The molecule has 6 aromatic rings. The second-order valence-corrected chi connectivity index (χ2v) is 14.1. The average molecular weight is 671 g/mol. The van der Waals surface area contributed by atoms with E-state index in [0.717, 1.165) is 27.8 Å². The van der Waals surface area contributed by atoms with Crippen LogP contribution < -0.4 is 0 Å². The molecule has 256 valence electrons. The van der Waals surface area contributed by atoms with Gasteiger partial charge in [-0.05, 0) is 165 Å². The van der Waals surface area contributed by atoms with Gasteiger partial charge in [0.1, 0.15) is 11.5 Å². The van der Waals surface area contributed by atoms with E-state index in [9.17, 15) is 10.2 Å². The molecule has 4 heteroatoms. The Balaban J connectivity index is 1.38. The van der Waals surface area contributed by atoms with Crippen molar-refractivity contribution < 1.29 is 10.2 Å². The molecule has 0 atom stereocenters. The molecule has 0 fully saturated rings. The fourth-order valence-corrected chi connectivity index (χ4v) is 7.69. The molecule has 0 unspecified atom stereocenters. The van der Waals surface area contributed by atoms with E-state index in [1.807, 2.05) is 48.5 Å². The predicted molar refractivity (Wildman–Crippen MR) is 216 cm³/mol. The van der Waals surface area contributed by atoms with E-state index in [1.165, 1.54) is 55.6 Å². The van der Waals surface area contributed by atoms with E-state index >= 15 is 0 Å². The molecule has 0 heterocycles. The molecule has 2 N–H and O–H groups in total. The molecule has 0 bridgehead atoms. The first kappa shape index (κ1) is 35.1. The van der Waals surface area contributed by atoms with Crippen molar-refractivity contribution >= 4 is 23.8 Å². The summed E-state index contributed by atoms with van der Waals surface area (Å²) in [6.07, 6.45) is 3.38. The molecule has 0 aliphatic carbocycles. The van der Waals surface area contributed by atoms with Crippen LogP contribution in [-0.4, -0.2) is 22.6 Å². The van der Waals surface area contributed by atoms with Crippen LogP contribution >= 0.6 is 0 Å². The van der Waals surface area contributed by atoms with Crippen molar-refractivity contribution in [3.05, 3.63) is 152 Å². The molecular formula is C47H46N2O2. The second kappa shape index (κ2) is 14.2. The van der Waals surface area contributed by atoms with Gasteiger partial charge in [-0.1, -0.05) is 71.3 Å². The first-order valence-corrected chi connectivity index (χ1v) is 17.4. The summed E-state index contributed by atoms with van der Waals surface area (Å²) in [5.41, 5.74) is 19.7. The third kappa shape index (κ3) is 7.41. The lowest BCUT2D eigenvalue weighted by atomic mass is 9.93. The Bertz CT molecular complexity index is 2310. The summed E-state index contributed by atoms with van der Waals surface area (Å²) in [4.78, 5) is 9.74. The zero-order chi connectivity index (χ0) is 36.6. The fraction of sp³-hybridized carbons (Fsp3) is 0.191. The minimum absolute atomic E-state index is 0.158. The summed E-state index contributed by atoms with van der Waals surface area (Å²) in [6, 6.07) is 30.6. The van der Waals surface area contributed by atoms with Crippen molar-refractivity contribution in [1.29, 1.82) is 0 Å². The quantitative estimate of drug-likeness (QED) is 0.166. The maximum Gasteiger partial charge on any atom is 0.124 e. The smallest absolute Gasteiger partial charge is 0.124 e. The van der Waals surface area contributed by atoms with Gasteiger partial charge in [-0.2, -0.15) is 0 Å². The van der Waals surface area contributed by atoms with E-state index in [1.54, 1.807) is 12.4 Å². The molecule has 0 aliphatic rings. The Hall–Kier alpha value is -5.74. The summed E-state index contributed by atoms with van der Waals surface area (Å²) in [7, 11) is 0. The van der Waals surface area contributed by atoms with Crippen LogP contribution in [0.15, 0.2) is 101 Å². The van der Waals surface area contributed by atoms with Gasteiger partial charge in [0, 0.05) is 23.6 Å². The number of hydrogen-bond acceptors (Lipinski definition) is 4. The van der Waals surface area contributed by atoms with Gasteiger partial charge in [0.2, 0.25) is 0 Å². The Kier molecular flexibility index (Phi) is 9.80. The number of rotatable bonds is 7. The zero-order valence-electron chi connectivity index (χ0n) is 31.1. The molecule has 6 aromatic carbocycles. The average Bonchev–Trinajstić information content (AvgIpc) is 3.03. The molecule has 0 saturated heterocycles. The van der Waals surface area contributed by atoms with E-state index in [-0.39, 0.29) is 11.5 Å². The van der Waals surface area contributed by atoms with Gasteiger partial charge in [0.25, 0.3) is 0 Å². The van der Waals surface area contributed by atoms with E-state index in [4.69, 9.17) is 9.98 Å². The van der Waals surface area contributed by atoms with Crippen LogP contribution in [0.3, 0.4) is 0 Å². The first-order chi connectivity index (χ1) is 24.3. The largest absolute Gasteiger partial charge is 0.507 e. The Labute approximate surface area is 302 Å². The standard InChI is InChI=1S/C47H46N2O2/c1-27-16-30(4)45(31(5)17-27)36-14-15-41(48-25-39-12-10-37(23-43(39)50)46-32(6)18-28(2)19-33(46)7)42(22-36)49-26-40-13-11-38(24-44(40)51)47-34(8)20-29(3)21-35(47)9/h10-26,50-51H,1-9H3. The van der Waals surface area contributed by atoms with Gasteiger partial charge >= 0.3 is 0 Å². The zero-order valence-corrected chi connectivity index (χ0v) is 31.1. The number of hydrogen-bond donors (Lipinski definition) is 2. The predicted octanol–water partition coefficient (Wildman–Crippen LogP) is 12.4. The topological polar surface area (TPSA) is 65.2 Å². The normalized spacial score (nSPS) is 11.6. The highest BCUT2D eigenvalue weighted by molar-refractivity contribution is 5.92. The van der Waals surface area contributed by atoms with E-state index < -0.39 is 0 Å². The number of aryl methyl sites for hydroxylation is 9. The van der Waals surface area contributed by atoms with Crippen molar-refractivity contribution in [2.24, 2.45) is 9.98 Å². The van der Waals surface area contributed by atoms with Crippen LogP contribution in [-0.2, 0) is 0 Å². The van der Waals surface area contributed by atoms with Crippen LogP contribution in [0.1, 0.15) is 61.2 Å². The summed E-state index contributed by atoms with van der Waals surface area (Å²) < 4.78 is 0. The van der Waals surface area contributed by atoms with Gasteiger partial charge in [-0.25, -0.2) is 0 Å². The lowest BCUT2D eigenvalue weighted by Crippen LogP contribution is -1.92. The SMILES string of the molecule is Cc1cc(C)c(-c2ccc(C=Nc3ccc(-c4c(C)cc(C)cc4C)cc3N=Cc3ccc(-c4c(C)cc(C)cc4C)cc3O)c(O)c2)c(C)c1. The van der Waals surface area contributed by atoms with E-state index in [2.05, 4.69) is 105 Å². The molecule has 0 aliphatic heterocycles. The Morgan fingerprint density at radius 2 is 0.686 bits per heavy atom. The van der Waals surface area contributed by atoms with Crippen LogP contribution in [0.4, 0.5) is 11.4 Å². The van der Waals surface area contributed by atoms with Gasteiger partial charge < -0.3 is 10.2 Å². The maximum absolute atomic E-state index is 11.2. The maximum atomic E-state index is 11.2. The molecule has 4 nitrogen and oxygen atoms in total.